The maximum Gasteiger partial charge on any atom is 0.244 e. The Hall–Kier alpha value is -1.43. The van der Waals surface area contributed by atoms with Gasteiger partial charge in [0.1, 0.15) is 6.04 Å². The number of nitrogens with one attached hydrogen (secondary N) is 2. The molecule has 1 atom stereocenters. The molecule has 0 spiro atoms. The lowest BCUT2D eigenvalue weighted by atomic mass is 10.1. The highest BCUT2D eigenvalue weighted by molar-refractivity contribution is 5.80. The molecule has 0 aromatic carbocycles. The molecule has 1 aromatic rings. The summed E-state index contributed by atoms with van der Waals surface area (Å²) in [5, 5.41) is 14.6. The third-order valence-corrected chi connectivity index (χ3v) is 3.47. The Bertz CT molecular complexity index is 445. The lowest BCUT2D eigenvalue weighted by Gasteiger charge is -2.19. The number of rotatable bonds is 7. The Balaban J connectivity index is 2.60. The summed E-state index contributed by atoms with van der Waals surface area (Å²) in [6, 6.07) is -0.119. The van der Waals surface area contributed by atoms with Gasteiger partial charge in [0, 0.05) is 18.1 Å². The van der Waals surface area contributed by atoms with E-state index in [1.807, 2.05) is 13.1 Å². The zero-order valence-electron chi connectivity index (χ0n) is 14.1. The van der Waals surface area contributed by atoms with Gasteiger partial charge >= 0.3 is 0 Å². The van der Waals surface area contributed by atoms with Gasteiger partial charge in [-0.3, -0.25) is 4.79 Å². The van der Waals surface area contributed by atoms with E-state index in [0.29, 0.717) is 6.54 Å². The van der Waals surface area contributed by atoms with Crippen molar-refractivity contribution in [1.82, 2.24) is 25.6 Å². The summed E-state index contributed by atoms with van der Waals surface area (Å²) < 4.78 is 1.62. The summed E-state index contributed by atoms with van der Waals surface area (Å²) in [6.07, 6.45) is 3.70. The first kappa shape index (κ1) is 17.6. The summed E-state index contributed by atoms with van der Waals surface area (Å²) in [6.45, 7) is 12.9. The highest BCUT2D eigenvalue weighted by Crippen LogP contribution is 2.08. The van der Waals surface area contributed by atoms with Crippen LogP contribution in [0.15, 0.2) is 6.20 Å². The average molecular weight is 295 g/mol. The van der Waals surface area contributed by atoms with Crippen molar-refractivity contribution in [3.05, 3.63) is 11.9 Å². The van der Waals surface area contributed by atoms with Crippen molar-refractivity contribution in [3.8, 4) is 0 Å². The largest absolute Gasteiger partial charge is 0.352 e. The second-order valence-corrected chi connectivity index (χ2v) is 6.49. The van der Waals surface area contributed by atoms with Gasteiger partial charge in [0.15, 0.2) is 0 Å². The molecular weight excluding hydrogens is 266 g/mol. The van der Waals surface area contributed by atoms with E-state index in [1.54, 1.807) is 4.68 Å². The van der Waals surface area contributed by atoms with Gasteiger partial charge in [-0.05, 0) is 40.5 Å². The van der Waals surface area contributed by atoms with Crippen LogP contribution in [-0.4, -0.2) is 32.5 Å². The number of nitrogens with zero attached hydrogens (tertiary/aromatic N) is 3. The van der Waals surface area contributed by atoms with Gasteiger partial charge in [-0.15, -0.1) is 5.10 Å². The Morgan fingerprint density at radius 3 is 2.48 bits per heavy atom. The fraction of sp³-hybridized carbons (Fsp3) is 0.800. The summed E-state index contributed by atoms with van der Waals surface area (Å²) in [4.78, 5) is 12.2. The molecule has 120 valence electrons. The number of amides is 1. The zero-order valence-corrected chi connectivity index (χ0v) is 14.1. The van der Waals surface area contributed by atoms with E-state index in [4.69, 9.17) is 0 Å². The predicted octanol–water partition coefficient (Wildman–Crippen LogP) is 2.03. The Labute approximate surface area is 127 Å². The second-order valence-electron chi connectivity index (χ2n) is 6.49. The van der Waals surface area contributed by atoms with Crippen LogP contribution in [0.4, 0.5) is 0 Å². The Morgan fingerprint density at radius 1 is 1.33 bits per heavy atom. The minimum atomic E-state index is -0.346. The highest BCUT2D eigenvalue weighted by Gasteiger charge is 2.19. The first-order valence-corrected chi connectivity index (χ1v) is 7.73. The van der Waals surface area contributed by atoms with Gasteiger partial charge in [0.05, 0.1) is 11.9 Å². The molecule has 1 aromatic heterocycles. The molecule has 1 heterocycles. The lowest BCUT2D eigenvalue weighted by Crippen LogP contribution is -2.38. The van der Waals surface area contributed by atoms with E-state index in [-0.39, 0.29) is 23.5 Å². The van der Waals surface area contributed by atoms with Gasteiger partial charge in [0.2, 0.25) is 5.91 Å². The molecule has 6 nitrogen and oxygen atoms in total. The topological polar surface area (TPSA) is 71.8 Å². The normalized spacial score (nSPS) is 13.5. The van der Waals surface area contributed by atoms with Crippen molar-refractivity contribution < 1.29 is 4.79 Å². The van der Waals surface area contributed by atoms with Crippen LogP contribution >= 0.6 is 0 Å². The molecule has 1 unspecified atom stereocenters. The monoisotopic (exact) mass is 295 g/mol. The van der Waals surface area contributed by atoms with Crippen LogP contribution in [0.25, 0.3) is 0 Å². The van der Waals surface area contributed by atoms with Crippen LogP contribution in [0.1, 0.15) is 66.1 Å². The molecule has 1 rings (SSSR count). The van der Waals surface area contributed by atoms with E-state index in [2.05, 4.69) is 55.6 Å². The molecule has 0 aliphatic heterocycles. The fourth-order valence-corrected chi connectivity index (χ4v) is 1.87. The SMILES string of the molecule is CCC(CC)NC(=O)C(C)n1cc(CNC(C)(C)C)nn1. The van der Waals surface area contributed by atoms with Gasteiger partial charge in [-0.25, -0.2) is 4.68 Å². The quantitative estimate of drug-likeness (QED) is 0.807. The van der Waals surface area contributed by atoms with Crippen molar-refractivity contribution in [2.45, 2.75) is 78.6 Å². The molecule has 1 amide bonds. The van der Waals surface area contributed by atoms with Gasteiger partial charge < -0.3 is 10.6 Å². The van der Waals surface area contributed by atoms with Crippen molar-refractivity contribution in [3.63, 3.8) is 0 Å². The molecule has 6 heteroatoms. The van der Waals surface area contributed by atoms with E-state index in [1.165, 1.54) is 0 Å². The van der Waals surface area contributed by atoms with E-state index >= 15 is 0 Å². The Morgan fingerprint density at radius 2 is 1.95 bits per heavy atom. The Kier molecular flexibility index (Phi) is 6.33. The molecule has 0 radical (unpaired) electrons. The molecule has 0 fully saturated rings. The van der Waals surface area contributed by atoms with Crippen molar-refractivity contribution in [2.24, 2.45) is 0 Å². The lowest BCUT2D eigenvalue weighted by molar-refractivity contribution is -0.124. The number of carbonyl (C=O) groups excluding carboxylic acids is 1. The van der Waals surface area contributed by atoms with Crippen LogP contribution in [0, 0.1) is 0 Å². The average Bonchev–Trinajstić information content (AvgIpc) is 2.89. The summed E-state index contributed by atoms with van der Waals surface area (Å²) in [7, 11) is 0. The fourth-order valence-electron chi connectivity index (χ4n) is 1.87. The highest BCUT2D eigenvalue weighted by atomic mass is 16.2. The minimum Gasteiger partial charge on any atom is -0.352 e. The molecule has 0 saturated heterocycles. The van der Waals surface area contributed by atoms with Gasteiger partial charge in [-0.2, -0.15) is 0 Å². The number of hydrogen-bond donors (Lipinski definition) is 2. The van der Waals surface area contributed by atoms with Crippen LogP contribution in [-0.2, 0) is 11.3 Å². The summed E-state index contributed by atoms with van der Waals surface area (Å²) >= 11 is 0. The first-order valence-electron chi connectivity index (χ1n) is 7.73. The minimum absolute atomic E-state index is 0.0102. The molecular formula is C15H29N5O. The van der Waals surface area contributed by atoms with E-state index in [9.17, 15) is 4.79 Å². The molecule has 21 heavy (non-hydrogen) atoms. The maximum atomic E-state index is 12.2. The smallest absolute Gasteiger partial charge is 0.244 e. The maximum absolute atomic E-state index is 12.2. The standard InChI is InChI=1S/C15H29N5O/c1-7-12(8-2)17-14(21)11(3)20-10-13(18-19-20)9-16-15(4,5)6/h10-12,16H,7-9H2,1-6H3,(H,17,21). The molecule has 2 N–H and O–H groups in total. The van der Waals surface area contributed by atoms with Gasteiger partial charge in [-0.1, -0.05) is 19.1 Å². The van der Waals surface area contributed by atoms with Gasteiger partial charge in [0.25, 0.3) is 0 Å². The third-order valence-electron chi connectivity index (χ3n) is 3.47. The number of aromatic nitrogens is 3. The third kappa shape index (κ3) is 5.83. The zero-order chi connectivity index (χ0) is 16.0. The second kappa shape index (κ2) is 7.54. The molecule has 0 bridgehead atoms. The van der Waals surface area contributed by atoms with E-state index < -0.39 is 0 Å². The van der Waals surface area contributed by atoms with Crippen molar-refractivity contribution in [1.29, 1.82) is 0 Å². The molecule has 0 aliphatic carbocycles. The first-order chi connectivity index (χ1) is 9.76. The summed E-state index contributed by atoms with van der Waals surface area (Å²) in [5.74, 6) is -0.0102. The molecule has 0 aliphatic rings. The van der Waals surface area contributed by atoms with Crippen molar-refractivity contribution >= 4 is 5.91 Å². The van der Waals surface area contributed by atoms with Crippen molar-refractivity contribution in [2.75, 3.05) is 0 Å². The summed E-state index contributed by atoms with van der Waals surface area (Å²) in [5.41, 5.74) is 0.870. The number of hydrogen-bond acceptors (Lipinski definition) is 4. The number of carbonyl (C=O) groups is 1. The van der Waals surface area contributed by atoms with Crippen LogP contribution in [0.5, 0.6) is 0 Å². The predicted molar refractivity (Wildman–Crippen MR) is 83.8 cm³/mol. The van der Waals surface area contributed by atoms with Crippen LogP contribution in [0.2, 0.25) is 0 Å². The molecule has 0 saturated carbocycles. The van der Waals surface area contributed by atoms with Crippen LogP contribution in [0.3, 0.4) is 0 Å². The van der Waals surface area contributed by atoms with E-state index in [0.717, 1.165) is 18.5 Å². The van der Waals surface area contributed by atoms with Crippen LogP contribution < -0.4 is 10.6 Å².